The van der Waals surface area contributed by atoms with E-state index in [0.717, 1.165) is 42.8 Å². The average molecular weight is 467 g/mol. The Bertz CT molecular complexity index is 1170. The van der Waals surface area contributed by atoms with E-state index in [1.54, 1.807) is 17.4 Å². The van der Waals surface area contributed by atoms with Gasteiger partial charge in [0.25, 0.3) is 0 Å². The quantitative estimate of drug-likeness (QED) is 0.303. The van der Waals surface area contributed by atoms with E-state index in [0.29, 0.717) is 28.7 Å². The minimum absolute atomic E-state index is 0.139. The molecule has 0 fully saturated rings. The summed E-state index contributed by atoms with van der Waals surface area (Å²) in [6, 6.07) is 6.38. The number of nitriles is 1. The van der Waals surface area contributed by atoms with Gasteiger partial charge in [0.05, 0.1) is 11.3 Å². The van der Waals surface area contributed by atoms with Crippen molar-refractivity contribution in [3.05, 3.63) is 58.5 Å². The predicted molar refractivity (Wildman–Crippen MR) is 128 cm³/mol. The van der Waals surface area contributed by atoms with Crippen molar-refractivity contribution in [2.24, 2.45) is 7.05 Å². The van der Waals surface area contributed by atoms with Crippen molar-refractivity contribution in [2.75, 3.05) is 11.1 Å². The number of thioether (sulfide) groups is 1. The van der Waals surface area contributed by atoms with E-state index in [9.17, 15) is 10.1 Å². The Morgan fingerprint density at radius 1 is 1.38 bits per heavy atom. The van der Waals surface area contributed by atoms with Crippen molar-refractivity contribution in [3.63, 3.8) is 0 Å². The molecule has 0 spiro atoms. The van der Waals surface area contributed by atoms with E-state index in [2.05, 4.69) is 38.8 Å². The third-order valence-corrected chi connectivity index (χ3v) is 7.79. The molecule has 4 rings (SSSR count). The number of allylic oxidation sites excluding steroid dienone is 1. The second-order valence-corrected chi connectivity index (χ2v) is 9.85. The van der Waals surface area contributed by atoms with Crippen molar-refractivity contribution in [2.45, 2.75) is 50.2 Å². The second-order valence-electron chi connectivity index (χ2n) is 7.80. The van der Waals surface area contributed by atoms with Crippen molar-refractivity contribution in [1.29, 1.82) is 5.26 Å². The molecule has 1 aliphatic carbocycles. The summed E-state index contributed by atoms with van der Waals surface area (Å²) < 4.78 is 4.05. The summed E-state index contributed by atoms with van der Waals surface area (Å²) in [5, 5.41) is 22.7. The van der Waals surface area contributed by atoms with E-state index in [1.807, 2.05) is 23.9 Å². The monoisotopic (exact) mass is 466 g/mol. The standard InChI is InChI=1S/C23H26N6OS2/c1-3-11-29-20(13-16-8-7-12-28(16)2)26-27-23(29)31-15-21(30)25-22-18(14-24)17-9-5-4-6-10-19(17)32-22/h3,7-8,12H,1,4-6,9-11,13,15H2,2H3,(H,25,30). The Morgan fingerprint density at radius 3 is 2.97 bits per heavy atom. The van der Waals surface area contributed by atoms with Crippen LogP contribution in [0.3, 0.4) is 0 Å². The molecule has 7 nitrogen and oxygen atoms in total. The fourth-order valence-corrected chi connectivity index (χ4v) is 5.98. The van der Waals surface area contributed by atoms with Gasteiger partial charge in [0.15, 0.2) is 5.16 Å². The number of carbonyl (C=O) groups is 1. The summed E-state index contributed by atoms with van der Waals surface area (Å²) >= 11 is 2.90. The van der Waals surface area contributed by atoms with Crippen LogP contribution < -0.4 is 5.32 Å². The number of aryl methyl sites for hydroxylation is 2. The third kappa shape index (κ3) is 4.81. The molecular formula is C23H26N6OS2. The number of amides is 1. The number of nitrogens with zero attached hydrogens (tertiary/aromatic N) is 5. The highest BCUT2D eigenvalue weighted by Crippen LogP contribution is 2.37. The summed E-state index contributed by atoms with van der Waals surface area (Å²) in [6.45, 7) is 4.42. The number of nitrogens with one attached hydrogen (secondary N) is 1. The van der Waals surface area contributed by atoms with Crippen LogP contribution in [0.2, 0.25) is 0 Å². The van der Waals surface area contributed by atoms with Gasteiger partial charge in [0.1, 0.15) is 16.9 Å². The zero-order chi connectivity index (χ0) is 22.5. The average Bonchev–Trinajstić information content (AvgIpc) is 3.40. The SMILES string of the molecule is C=CCn1c(Cc2cccn2C)nnc1SCC(=O)Nc1sc2c(c1C#N)CCCCC2. The fraction of sp³-hybridized carbons (Fsp3) is 0.391. The lowest BCUT2D eigenvalue weighted by molar-refractivity contribution is -0.113. The van der Waals surface area contributed by atoms with Crippen molar-refractivity contribution in [3.8, 4) is 6.07 Å². The smallest absolute Gasteiger partial charge is 0.235 e. The summed E-state index contributed by atoms with van der Waals surface area (Å²) in [5.41, 5.74) is 2.91. The van der Waals surface area contributed by atoms with Crippen LogP contribution in [0, 0.1) is 11.3 Å². The first-order chi connectivity index (χ1) is 15.6. The van der Waals surface area contributed by atoms with Gasteiger partial charge in [-0.15, -0.1) is 28.1 Å². The zero-order valence-corrected chi connectivity index (χ0v) is 19.8. The number of thiophene rings is 1. The Hall–Kier alpha value is -2.83. The number of carbonyl (C=O) groups excluding carboxylic acids is 1. The Balaban J connectivity index is 1.44. The first-order valence-electron chi connectivity index (χ1n) is 10.7. The van der Waals surface area contributed by atoms with Crippen LogP contribution in [0.5, 0.6) is 0 Å². The van der Waals surface area contributed by atoms with E-state index in [4.69, 9.17) is 0 Å². The van der Waals surface area contributed by atoms with Crippen LogP contribution in [0.25, 0.3) is 0 Å². The molecule has 1 amide bonds. The van der Waals surface area contributed by atoms with Crippen LogP contribution in [-0.4, -0.2) is 31.0 Å². The van der Waals surface area contributed by atoms with Gasteiger partial charge in [-0.2, -0.15) is 5.26 Å². The first kappa shape index (κ1) is 22.4. The van der Waals surface area contributed by atoms with Crippen LogP contribution >= 0.6 is 23.1 Å². The lowest BCUT2D eigenvalue weighted by Gasteiger charge is -2.08. The zero-order valence-electron chi connectivity index (χ0n) is 18.1. The van der Waals surface area contributed by atoms with Crippen LogP contribution in [0.1, 0.15) is 46.8 Å². The molecule has 0 aliphatic heterocycles. The second kappa shape index (κ2) is 10.2. The van der Waals surface area contributed by atoms with Gasteiger partial charge in [0.2, 0.25) is 5.91 Å². The number of fused-ring (bicyclic) bond motifs is 1. The molecule has 0 radical (unpaired) electrons. The molecule has 1 aliphatic rings. The number of rotatable bonds is 8. The van der Waals surface area contributed by atoms with Crippen molar-refractivity contribution >= 4 is 34.0 Å². The van der Waals surface area contributed by atoms with Gasteiger partial charge in [-0.1, -0.05) is 24.3 Å². The van der Waals surface area contributed by atoms with Crippen LogP contribution in [-0.2, 0) is 37.6 Å². The molecule has 0 saturated carbocycles. The molecule has 9 heteroatoms. The molecule has 0 atom stereocenters. The molecular weight excluding hydrogens is 440 g/mol. The molecule has 3 aromatic heterocycles. The molecule has 32 heavy (non-hydrogen) atoms. The third-order valence-electron chi connectivity index (χ3n) is 5.61. The summed E-state index contributed by atoms with van der Waals surface area (Å²) in [5.74, 6) is 0.899. The normalized spacial score (nSPS) is 13.2. The van der Waals surface area contributed by atoms with E-state index in [-0.39, 0.29) is 11.7 Å². The number of aromatic nitrogens is 4. The Labute approximate surface area is 196 Å². The fourth-order valence-electron chi connectivity index (χ4n) is 3.95. The molecule has 0 unspecified atom stereocenters. The van der Waals surface area contributed by atoms with E-state index in [1.165, 1.54) is 23.1 Å². The highest BCUT2D eigenvalue weighted by atomic mass is 32.2. The van der Waals surface area contributed by atoms with Crippen LogP contribution in [0.4, 0.5) is 5.00 Å². The lowest BCUT2D eigenvalue weighted by atomic mass is 10.1. The molecule has 166 valence electrons. The highest BCUT2D eigenvalue weighted by Gasteiger charge is 2.21. The largest absolute Gasteiger partial charge is 0.354 e. The maximum atomic E-state index is 12.7. The van der Waals surface area contributed by atoms with Crippen molar-refractivity contribution < 1.29 is 4.79 Å². The van der Waals surface area contributed by atoms with Crippen LogP contribution in [0.15, 0.2) is 36.1 Å². The van der Waals surface area contributed by atoms with E-state index < -0.39 is 0 Å². The van der Waals surface area contributed by atoms with Gasteiger partial charge in [-0.05, 0) is 43.4 Å². The van der Waals surface area contributed by atoms with E-state index >= 15 is 0 Å². The molecule has 0 bridgehead atoms. The van der Waals surface area contributed by atoms with Gasteiger partial charge in [-0.3, -0.25) is 4.79 Å². The van der Waals surface area contributed by atoms with Gasteiger partial charge in [0, 0.05) is 36.8 Å². The summed E-state index contributed by atoms with van der Waals surface area (Å²) in [4.78, 5) is 13.9. The topological polar surface area (TPSA) is 88.5 Å². The maximum Gasteiger partial charge on any atom is 0.235 e. The predicted octanol–water partition coefficient (Wildman–Crippen LogP) is 4.33. The highest BCUT2D eigenvalue weighted by molar-refractivity contribution is 7.99. The Kier molecular flexibility index (Phi) is 7.12. The number of hydrogen-bond donors (Lipinski definition) is 1. The Morgan fingerprint density at radius 2 is 2.22 bits per heavy atom. The number of anilines is 1. The summed E-state index contributed by atoms with van der Waals surface area (Å²) in [7, 11) is 2.00. The molecule has 1 N–H and O–H groups in total. The van der Waals surface area contributed by atoms with Gasteiger partial charge in [-0.25, -0.2) is 0 Å². The number of hydrogen-bond acceptors (Lipinski definition) is 6. The molecule has 3 aromatic rings. The van der Waals surface area contributed by atoms with Gasteiger partial charge < -0.3 is 14.5 Å². The first-order valence-corrected chi connectivity index (χ1v) is 12.5. The minimum atomic E-state index is -0.139. The molecule has 3 heterocycles. The molecule has 0 saturated heterocycles. The summed E-state index contributed by atoms with van der Waals surface area (Å²) in [6.07, 6.45) is 9.83. The van der Waals surface area contributed by atoms with Crippen molar-refractivity contribution in [1.82, 2.24) is 19.3 Å². The minimum Gasteiger partial charge on any atom is -0.354 e. The van der Waals surface area contributed by atoms with Gasteiger partial charge >= 0.3 is 0 Å². The maximum absolute atomic E-state index is 12.7. The molecule has 0 aromatic carbocycles. The lowest BCUT2D eigenvalue weighted by Crippen LogP contribution is -2.15.